The smallest absolute Gasteiger partial charge is 0.198 e. The molecule has 4 aliphatic rings. The first-order valence-corrected chi connectivity index (χ1v) is 12.4. The van der Waals surface area contributed by atoms with E-state index in [0.717, 1.165) is 0 Å². The monoisotopic (exact) mass is 447 g/mol. The Morgan fingerprint density at radius 1 is 1.06 bits per heavy atom. The summed E-state index contributed by atoms with van der Waals surface area (Å²) < 4.78 is 16.3. The maximum Gasteiger partial charge on any atom is 0.198 e. The Morgan fingerprint density at radius 3 is 2.34 bits per heavy atom. The molecule has 5 atom stereocenters. The van der Waals surface area contributed by atoms with Crippen molar-refractivity contribution in [1.29, 1.82) is 0 Å². The summed E-state index contributed by atoms with van der Waals surface area (Å²) in [6, 6.07) is 18.0. The molecule has 0 amide bonds. The van der Waals surface area contributed by atoms with Crippen LogP contribution in [0.25, 0.3) is 5.57 Å². The standard InChI is InChI=1S/C26H25NO4S/c1-23(2)18-13-14-24(23)15-32(31)27-26(24)20(21(28)17-11-7-4-8-12-17)19(22(29)25(18,26)30)16-9-5-3-6-10-16/h3-12,18,27,30H,13-15H2,1-2H3/t18-,24-,25+,26-,32?/m0/s1. The van der Waals surface area contributed by atoms with Crippen molar-refractivity contribution >= 4 is 28.1 Å². The van der Waals surface area contributed by atoms with Crippen LogP contribution in [0.3, 0.4) is 0 Å². The molecule has 3 aliphatic carbocycles. The van der Waals surface area contributed by atoms with Crippen LogP contribution in [-0.4, -0.2) is 37.8 Å². The van der Waals surface area contributed by atoms with Gasteiger partial charge in [0.2, 0.25) is 0 Å². The summed E-state index contributed by atoms with van der Waals surface area (Å²) >= 11 is 0. The van der Waals surface area contributed by atoms with Gasteiger partial charge in [0, 0.05) is 33.8 Å². The second kappa shape index (κ2) is 6.13. The van der Waals surface area contributed by atoms with Gasteiger partial charge in [-0.25, -0.2) is 8.93 Å². The highest BCUT2D eigenvalue weighted by Crippen LogP contribution is 2.79. The average Bonchev–Trinajstić information content (AvgIpc) is 3.36. The minimum Gasteiger partial charge on any atom is -0.379 e. The van der Waals surface area contributed by atoms with E-state index in [0.29, 0.717) is 29.7 Å². The number of benzene rings is 2. The van der Waals surface area contributed by atoms with E-state index in [2.05, 4.69) is 18.6 Å². The lowest BCUT2D eigenvalue weighted by atomic mass is 9.58. The summed E-state index contributed by atoms with van der Waals surface area (Å²) in [5.74, 6) is -0.719. The zero-order valence-electron chi connectivity index (χ0n) is 18.1. The van der Waals surface area contributed by atoms with Crippen molar-refractivity contribution in [3.8, 4) is 0 Å². The van der Waals surface area contributed by atoms with Gasteiger partial charge in [-0.3, -0.25) is 9.59 Å². The van der Waals surface area contributed by atoms with E-state index in [1.165, 1.54) is 0 Å². The minimum atomic E-state index is -1.81. The molecule has 6 rings (SSSR count). The fourth-order valence-electron chi connectivity index (χ4n) is 7.61. The van der Waals surface area contributed by atoms with Crippen LogP contribution in [0.4, 0.5) is 0 Å². The Labute approximate surface area is 189 Å². The normalized spacial score (nSPS) is 38.8. The molecular formula is C26H25NO4S. The molecule has 1 aliphatic heterocycles. The molecule has 0 radical (unpaired) electrons. The van der Waals surface area contributed by atoms with E-state index in [9.17, 15) is 18.9 Å². The summed E-state index contributed by atoms with van der Waals surface area (Å²) in [5, 5.41) is 12.4. The van der Waals surface area contributed by atoms with Crippen molar-refractivity contribution < 1.29 is 18.9 Å². The molecule has 2 saturated carbocycles. The number of nitrogens with one attached hydrogen (secondary N) is 1. The molecule has 1 saturated heterocycles. The van der Waals surface area contributed by atoms with Crippen LogP contribution in [0.15, 0.2) is 66.2 Å². The van der Waals surface area contributed by atoms with Gasteiger partial charge < -0.3 is 5.11 Å². The number of aliphatic hydroxyl groups is 1. The summed E-state index contributed by atoms with van der Waals surface area (Å²) in [7, 11) is -1.47. The molecule has 5 nitrogen and oxygen atoms in total. The number of hydrogen-bond donors (Lipinski definition) is 2. The number of fused-ring (bicyclic) bond motifs is 2. The van der Waals surface area contributed by atoms with Crippen LogP contribution in [0.2, 0.25) is 0 Å². The molecule has 0 aromatic heterocycles. The molecule has 1 heterocycles. The molecule has 2 aromatic rings. The predicted octanol–water partition coefficient (Wildman–Crippen LogP) is 3.08. The van der Waals surface area contributed by atoms with Crippen LogP contribution in [0.1, 0.15) is 42.6 Å². The van der Waals surface area contributed by atoms with E-state index < -0.39 is 38.7 Å². The lowest BCUT2D eigenvalue weighted by Crippen LogP contribution is -2.68. The van der Waals surface area contributed by atoms with Gasteiger partial charge in [0.25, 0.3) is 0 Å². The fraction of sp³-hybridized carbons (Fsp3) is 0.385. The highest BCUT2D eigenvalue weighted by molar-refractivity contribution is 7.83. The minimum absolute atomic E-state index is 0.264. The van der Waals surface area contributed by atoms with Gasteiger partial charge in [0.05, 0.1) is 11.0 Å². The molecular weight excluding hydrogens is 422 g/mol. The van der Waals surface area contributed by atoms with Gasteiger partial charge >= 0.3 is 0 Å². The largest absolute Gasteiger partial charge is 0.379 e. The summed E-state index contributed by atoms with van der Waals surface area (Å²) in [6.07, 6.45) is 1.39. The molecule has 164 valence electrons. The second-order valence-corrected chi connectivity index (χ2v) is 11.3. The number of rotatable bonds is 3. The highest BCUT2D eigenvalue weighted by Gasteiger charge is 2.90. The third-order valence-electron chi connectivity index (χ3n) is 8.93. The Bertz CT molecular complexity index is 1240. The quantitative estimate of drug-likeness (QED) is 0.709. The van der Waals surface area contributed by atoms with Crippen LogP contribution in [-0.2, 0) is 15.8 Å². The van der Waals surface area contributed by atoms with E-state index in [4.69, 9.17) is 0 Å². The third-order valence-corrected chi connectivity index (χ3v) is 10.2. The number of carbonyl (C=O) groups excluding carboxylic acids is 2. The van der Waals surface area contributed by atoms with E-state index in [-0.39, 0.29) is 22.8 Å². The molecule has 2 N–H and O–H groups in total. The zero-order chi connectivity index (χ0) is 22.5. The van der Waals surface area contributed by atoms with Crippen molar-refractivity contribution in [3.05, 3.63) is 77.4 Å². The van der Waals surface area contributed by atoms with Crippen LogP contribution < -0.4 is 4.72 Å². The van der Waals surface area contributed by atoms with Crippen molar-refractivity contribution in [2.24, 2.45) is 16.7 Å². The summed E-state index contributed by atoms with van der Waals surface area (Å²) in [4.78, 5) is 28.3. The molecule has 2 bridgehead atoms. The Kier molecular flexibility index (Phi) is 3.87. The number of hydrogen-bond acceptors (Lipinski definition) is 4. The molecule has 32 heavy (non-hydrogen) atoms. The molecule has 2 aromatic carbocycles. The lowest BCUT2D eigenvalue weighted by molar-refractivity contribution is -0.143. The third kappa shape index (κ3) is 1.93. The molecule has 3 fully saturated rings. The average molecular weight is 448 g/mol. The van der Waals surface area contributed by atoms with Crippen LogP contribution >= 0.6 is 0 Å². The SMILES string of the molecule is CC1(C)[C@@H]2CC[C@]13CS(=O)N[C@@]31C(C(=O)c3ccccc3)=C(c3ccccc3)C(=O)[C@]21O. The van der Waals surface area contributed by atoms with Crippen LogP contribution in [0.5, 0.6) is 0 Å². The molecule has 6 heteroatoms. The fourth-order valence-corrected chi connectivity index (χ4v) is 9.65. The second-order valence-electron chi connectivity index (χ2n) is 10.1. The first-order valence-electron chi connectivity index (χ1n) is 11.1. The molecule has 2 spiro atoms. The summed E-state index contributed by atoms with van der Waals surface area (Å²) in [5.41, 5.74) is -2.68. The number of ketones is 2. The van der Waals surface area contributed by atoms with Crippen molar-refractivity contribution in [2.45, 2.75) is 37.8 Å². The Hall–Kier alpha value is -2.41. The van der Waals surface area contributed by atoms with Crippen molar-refractivity contribution in [1.82, 2.24) is 4.72 Å². The number of carbonyl (C=O) groups is 2. The van der Waals surface area contributed by atoms with Gasteiger partial charge in [0.15, 0.2) is 17.2 Å². The first-order chi connectivity index (χ1) is 15.2. The van der Waals surface area contributed by atoms with E-state index in [1.807, 2.05) is 24.3 Å². The maximum absolute atomic E-state index is 14.2. The Balaban J connectivity index is 1.73. The van der Waals surface area contributed by atoms with Crippen LogP contribution in [0, 0.1) is 16.7 Å². The van der Waals surface area contributed by atoms with Gasteiger partial charge in [-0.1, -0.05) is 74.5 Å². The predicted molar refractivity (Wildman–Crippen MR) is 122 cm³/mol. The van der Waals surface area contributed by atoms with Crippen molar-refractivity contribution in [3.63, 3.8) is 0 Å². The van der Waals surface area contributed by atoms with Gasteiger partial charge in [-0.05, 0) is 23.8 Å². The maximum atomic E-state index is 14.2. The first kappa shape index (κ1) is 20.2. The molecule has 1 unspecified atom stereocenters. The highest BCUT2D eigenvalue weighted by atomic mass is 32.2. The van der Waals surface area contributed by atoms with Gasteiger partial charge in [0.1, 0.15) is 5.54 Å². The lowest BCUT2D eigenvalue weighted by Gasteiger charge is -2.48. The van der Waals surface area contributed by atoms with E-state index >= 15 is 0 Å². The number of Topliss-reactive ketones (excluding diaryl/α,β-unsaturated/α-hetero) is 2. The van der Waals surface area contributed by atoms with Gasteiger partial charge in [-0.2, -0.15) is 0 Å². The zero-order valence-corrected chi connectivity index (χ0v) is 18.9. The topological polar surface area (TPSA) is 83.5 Å². The van der Waals surface area contributed by atoms with Gasteiger partial charge in [-0.15, -0.1) is 0 Å². The Morgan fingerprint density at radius 2 is 1.69 bits per heavy atom. The van der Waals surface area contributed by atoms with Crippen molar-refractivity contribution in [2.75, 3.05) is 5.75 Å². The van der Waals surface area contributed by atoms with E-state index in [1.54, 1.807) is 36.4 Å². The summed E-state index contributed by atoms with van der Waals surface area (Å²) in [6.45, 7) is 4.12.